The lowest BCUT2D eigenvalue weighted by molar-refractivity contribution is 0.142. The molecular weight excluding hydrogens is 192 g/mol. The number of hydrogen-bond donors (Lipinski definition) is 3. The Morgan fingerprint density at radius 1 is 1.47 bits per heavy atom. The molecule has 4 nitrogen and oxygen atoms in total. The topological polar surface area (TPSA) is 61.4 Å². The van der Waals surface area contributed by atoms with Crippen LogP contribution in [-0.2, 0) is 6.42 Å². The van der Waals surface area contributed by atoms with Gasteiger partial charge in [-0.2, -0.15) is 0 Å². The number of amides is 2. The number of aliphatic hydroxyl groups is 1. The summed E-state index contributed by atoms with van der Waals surface area (Å²) in [6, 6.07) is 7.20. The van der Waals surface area contributed by atoms with E-state index in [1.807, 2.05) is 24.3 Å². The number of hydrogen-bond acceptors (Lipinski definition) is 2. The standard InChI is InChI=1S/C11H14N2O2/c1-12-11(15)13-10-8-5-3-2-4-7(8)6-9(10)14/h2-5,9-10,14H,6H2,1H3,(H2,12,13,15)/t9-,10+/m0/s1. The number of rotatable bonds is 1. The maximum Gasteiger partial charge on any atom is 0.315 e. The molecule has 0 saturated heterocycles. The summed E-state index contributed by atoms with van der Waals surface area (Å²) in [5, 5.41) is 15.0. The molecule has 0 bridgehead atoms. The molecule has 0 fully saturated rings. The normalized spacial score (nSPS) is 23.3. The van der Waals surface area contributed by atoms with Gasteiger partial charge in [0.1, 0.15) is 0 Å². The summed E-state index contributed by atoms with van der Waals surface area (Å²) >= 11 is 0. The van der Waals surface area contributed by atoms with E-state index in [2.05, 4.69) is 10.6 Å². The fourth-order valence-electron chi connectivity index (χ4n) is 1.96. The Morgan fingerprint density at radius 3 is 2.93 bits per heavy atom. The zero-order valence-electron chi connectivity index (χ0n) is 8.53. The Labute approximate surface area is 88.3 Å². The van der Waals surface area contributed by atoms with Crippen molar-refractivity contribution in [3.8, 4) is 0 Å². The van der Waals surface area contributed by atoms with E-state index in [1.54, 1.807) is 7.05 Å². The van der Waals surface area contributed by atoms with Crippen LogP contribution in [0.5, 0.6) is 0 Å². The van der Waals surface area contributed by atoms with E-state index >= 15 is 0 Å². The van der Waals surface area contributed by atoms with Gasteiger partial charge in [-0.05, 0) is 11.1 Å². The van der Waals surface area contributed by atoms with E-state index in [0.29, 0.717) is 6.42 Å². The summed E-state index contributed by atoms with van der Waals surface area (Å²) in [6.45, 7) is 0. The van der Waals surface area contributed by atoms with Crippen LogP contribution in [0.25, 0.3) is 0 Å². The molecule has 1 aliphatic carbocycles. The van der Waals surface area contributed by atoms with Gasteiger partial charge in [-0.1, -0.05) is 24.3 Å². The van der Waals surface area contributed by atoms with Gasteiger partial charge in [-0.15, -0.1) is 0 Å². The van der Waals surface area contributed by atoms with Crippen LogP contribution >= 0.6 is 0 Å². The molecule has 0 aliphatic heterocycles. The monoisotopic (exact) mass is 206 g/mol. The van der Waals surface area contributed by atoms with Gasteiger partial charge in [0, 0.05) is 13.5 Å². The molecule has 1 aliphatic rings. The third kappa shape index (κ3) is 1.80. The van der Waals surface area contributed by atoms with Crippen LogP contribution in [0.1, 0.15) is 17.2 Å². The highest BCUT2D eigenvalue weighted by molar-refractivity contribution is 5.74. The van der Waals surface area contributed by atoms with E-state index in [4.69, 9.17) is 0 Å². The summed E-state index contributed by atoms with van der Waals surface area (Å²) in [5.74, 6) is 0. The minimum Gasteiger partial charge on any atom is -0.390 e. The first-order chi connectivity index (χ1) is 7.22. The Bertz CT molecular complexity index is 379. The average Bonchev–Trinajstić information content (AvgIpc) is 2.55. The summed E-state index contributed by atoms with van der Waals surface area (Å²) in [4.78, 5) is 11.2. The number of aliphatic hydroxyl groups excluding tert-OH is 1. The third-order valence-electron chi connectivity index (χ3n) is 2.72. The molecule has 2 amide bonds. The van der Waals surface area contributed by atoms with Gasteiger partial charge >= 0.3 is 6.03 Å². The van der Waals surface area contributed by atoms with Gasteiger partial charge in [0.2, 0.25) is 0 Å². The molecule has 4 heteroatoms. The number of carbonyl (C=O) groups is 1. The minimum atomic E-state index is -0.528. The van der Waals surface area contributed by atoms with Crippen molar-refractivity contribution in [3.63, 3.8) is 0 Å². The van der Waals surface area contributed by atoms with Crippen LogP contribution in [0.4, 0.5) is 4.79 Å². The third-order valence-corrected chi connectivity index (χ3v) is 2.72. The van der Waals surface area contributed by atoms with Crippen molar-refractivity contribution >= 4 is 6.03 Å². The summed E-state index contributed by atoms with van der Waals surface area (Å²) in [7, 11) is 1.56. The second kappa shape index (κ2) is 3.90. The fourth-order valence-corrected chi connectivity index (χ4v) is 1.96. The molecule has 3 N–H and O–H groups in total. The molecule has 0 unspecified atom stereocenters. The Hall–Kier alpha value is -1.55. The van der Waals surface area contributed by atoms with E-state index in [-0.39, 0.29) is 12.1 Å². The zero-order valence-corrected chi connectivity index (χ0v) is 8.53. The smallest absolute Gasteiger partial charge is 0.315 e. The lowest BCUT2D eigenvalue weighted by Gasteiger charge is -2.17. The number of carbonyl (C=O) groups excluding carboxylic acids is 1. The van der Waals surface area contributed by atoms with Crippen LogP contribution in [0.3, 0.4) is 0 Å². The van der Waals surface area contributed by atoms with Crippen LogP contribution in [-0.4, -0.2) is 24.3 Å². The van der Waals surface area contributed by atoms with Crippen molar-refractivity contribution in [2.24, 2.45) is 0 Å². The number of urea groups is 1. The van der Waals surface area contributed by atoms with Gasteiger partial charge in [0.25, 0.3) is 0 Å². The lowest BCUT2D eigenvalue weighted by atomic mass is 10.1. The van der Waals surface area contributed by atoms with E-state index < -0.39 is 6.10 Å². The predicted molar refractivity (Wildman–Crippen MR) is 56.5 cm³/mol. The minimum absolute atomic E-state index is 0.268. The van der Waals surface area contributed by atoms with Gasteiger partial charge in [0.05, 0.1) is 12.1 Å². The van der Waals surface area contributed by atoms with Crippen molar-refractivity contribution in [1.29, 1.82) is 0 Å². The molecule has 0 spiro atoms. The second-order valence-electron chi connectivity index (χ2n) is 3.67. The number of benzene rings is 1. The Morgan fingerprint density at radius 2 is 2.20 bits per heavy atom. The van der Waals surface area contributed by atoms with Gasteiger partial charge in [0.15, 0.2) is 0 Å². The highest BCUT2D eigenvalue weighted by atomic mass is 16.3. The van der Waals surface area contributed by atoms with Crippen LogP contribution < -0.4 is 10.6 Å². The number of fused-ring (bicyclic) bond motifs is 1. The molecule has 80 valence electrons. The quantitative estimate of drug-likeness (QED) is 0.629. The second-order valence-corrected chi connectivity index (χ2v) is 3.67. The predicted octanol–water partition coefficient (Wildman–Crippen LogP) is 0.574. The molecular formula is C11H14N2O2. The first-order valence-electron chi connectivity index (χ1n) is 4.96. The van der Waals surface area contributed by atoms with Crippen molar-refractivity contribution in [1.82, 2.24) is 10.6 Å². The zero-order chi connectivity index (χ0) is 10.8. The molecule has 2 rings (SSSR count). The molecule has 2 atom stereocenters. The maximum absolute atomic E-state index is 11.2. The maximum atomic E-state index is 11.2. The van der Waals surface area contributed by atoms with E-state index in [1.165, 1.54) is 0 Å². The summed E-state index contributed by atoms with van der Waals surface area (Å²) in [5.41, 5.74) is 2.11. The molecule has 15 heavy (non-hydrogen) atoms. The molecule has 1 aromatic rings. The van der Waals surface area contributed by atoms with Crippen molar-refractivity contribution in [2.45, 2.75) is 18.6 Å². The van der Waals surface area contributed by atoms with Crippen LogP contribution in [0.15, 0.2) is 24.3 Å². The molecule has 0 aromatic heterocycles. The first kappa shape index (κ1) is 9.98. The molecule has 0 radical (unpaired) electrons. The van der Waals surface area contributed by atoms with Crippen molar-refractivity contribution in [3.05, 3.63) is 35.4 Å². The van der Waals surface area contributed by atoms with Gasteiger partial charge in [-0.25, -0.2) is 4.79 Å². The Kier molecular flexibility index (Phi) is 2.60. The molecule has 0 saturated carbocycles. The van der Waals surface area contributed by atoms with Crippen molar-refractivity contribution in [2.75, 3.05) is 7.05 Å². The summed E-state index contributed by atoms with van der Waals surface area (Å²) in [6.07, 6.45) is 0.0740. The summed E-state index contributed by atoms with van der Waals surface area (Å²) < 4.78 is 0. The SMILES string of the molecule is CNC(=O)N[C@@H]1c2ccccc2C[C@@H]1O. The van der Waals surface area contributed by atoms with Gasteiger partial charge in [-0.3, -0.25) is 0 Å². The fraction of sp³-hybridized carbons (Fsp3) is 0.364. The van der Waals surface area contributed by atoms with E-state index in [0.717, 1.165) is 11.1 Å². The average molecular weight is 206 g/mol. The number of nitrogens with one attached hydrogen (secondary N) is 2. The molecule has 0 heterocycles. The van der Waals surface area contributed by atoms with Crippen molar-refractivity contribution < 1.29 is 9.90 Å². The Balaban J connectivity index is 2.22. The van der Waals surface area contributed by atoms with Gasteiger partial charge < -0.3 is 15.7 Å². The van der Waals surface area contributed by atoms with E-state index in [9.17, 15) is 9.90 Å². The van der Waals surface area contributed by atoms with Crippen LogP contribution in [0.2, 0.25) is 0 Å². The molecule has 1 aromatic carbocycles. The largest absolute Gasteiger partial charge is 0.390 e. The highest BCUT2D eigenvalue weighted by Crippen LogP contribution is 2.30. The van der Waals surface area contributed by atoms with Crippen LogP contribution in [0, 0.1) is 0 Å². The lowest BCUT2D eigenvalue weighted by Crippen LogP contribution is -2.39. The first-order valence-corrected chi connectivity index (χ1v) is 4.96. The highest BCUT2D eigenvalue weighted by Gasteiger charge is 2.31.